The topological polar surface area (TPSA) is 126 Å². The van der Waals surface area contributed by atoms with Gasteiger partial charge in [0, 0.05) is 31.6 Å². The molecule has 0 saturated heterocycles. The van der Waals surface area contributed by atoms with Crippen molar-refractivity contribution in [1.82, 2.24) is 10.9 Å². The average Bonchev–Trinajstić information content (AvgIpc) is 3.47. The Morgan fingerprint density at radius 3 is 2.27 bits per heavy atom. The van der Waals surface area contributed by atoms with Crippen LogP contribution in [0.4, 0.5) is 4.39 Å². The van der Waals surface area contributed by atoms with Crippen molar-refractivity contribution in [2.75, 3.05) is 19.0 Å². The van der Waals surface area contributed by atoms with Crippen molar-refractivity contribution >= 4 is 21.6 Å². The Hall–Kier alpha value is -4.58. The Morgan fingerprint density at radius 1 is 0.933 bits per heavy atom. The molecule has 45 heavy (non-hydrogen) atoms. The van der Waals surface area contributed by atoms with Gasteiger partial charge in [-0.1, -0.05) is 60.7 Å². The third-order valence-corrected chi connectivity index (χ3v) is 9.13. The molecule has 4 aromatic rings. The van der Waals surface area contributed by atoms with Crippen molar-refractivity contribution in [2.24, 2.45) is 4.99 Å². The van der Waals surface area contributed by atoms with Gasteiger partial charge in [0.2, 0.25) is 5.90 Å². The Bertz CT molecular complexity index is 1700. The number of hydrazine groups is 1. The van der Waals surface area contributed by atoms with E-state index in [1.807, 2.05) is 18.2 Å². The van der Waals surface area contributed by atoms with Gasteiger partial charge in [-0.3, -0.25) is 10.2 Å². The lowest BCUT2D eigenvalue weighted by molar-refractivity contribution is -0.130. The van der Waals surface area contributed by atoms with E-state index in [-0.39, 0.29) is 41.9 Å². The SMILES string of the molecule is O=C(NNCc1ccc(F)cc1)[C@@]1(CCS(=O)(=O)c2ccccc2)N=C(c2ccc(OCCCO)cc2)O[C@H]1c1ccccc1. The van der Waals surface area contributed by atoms with E-state index in [9.17, 15) is 17.6 Å². The highest BCUT2D eigenvalue weighted by Gasteiger charge is 2.53. The zero-order valence-corrected chi connectivity index (χ0v) is 25.3. The molecular formula is C34H34FN3O6S. The van der Waals surface area contributed by atoms with E-state index in [0.717, 1.165) is 5.56 Å². The number of carbonyl (C=O) groups is 1. The lowest BCUT2D eigenvalue weighted by Gasteiger charge is -2.30. The molecule has 0 unspecified atom stereocenters. The minimum absolute atomic E-state index is 0.0203. The van der Waals surface area contributed by atoms with Gasteiger partial charge in [-0.05, 0) is 59.7 Å². The number of ether oxygens (including phenoxy) is 2. The molecule has 0 radical (unpaired) electrons. The molecule has 1 aliphatic heterocycles. The van der Waals surface area contributed by atoms with Crippen LogP contribution in [0, 0.1) is 5.82 Å². The zero-order chi connectivity index (χ0) is 31.7. The number of aliphatic hydroxyl groups excluding tert-OH is 1. The van der Waals surface area contributed by atoms with E-state index in [1.165, 1.54) is 24.3 Å². The molecule has 5 rings (SSSR count). The molecule has 3 N–H and O–H groups in total. The summed E-state index contributed by atoms with van der Waals surface area (Å²) in [6.07, 6.45) is -0.637. The van der Waals surface area contributed by atoms with E-state index < -0.39 is 27.4 Å². The van der Waals surface area contributed by atoms with Crippen LogP contribution in [0.25, 0.3) is 0 Å². The summed E-state index contributed by atoms with van der Waals surface area (Å²) in [6.45, 7) is 0.565. The number of nitrogens with zero attached hydrogens (tertiary/aromatic N) is 1. The number of rotatable bonds is 14. The maximum absolute atomic E-state index is 14.2. The normalized spacial score (nSPS) is 17.7. The number of amides is 1. The van der Waals surface area contributed by atoms with Crippen molar-refractivity contribution in [3.05, 3.63) is 132 Å². The third kappa shape index (κ3) is 7.75. The molecule has 0 aromatic heterocycles. The number of aliphatic imine (C=N–C) groups is 1. The van der Waals surface area contributed by atoms with Crippen molar-refractivity contribution in [2.45, 2.75) is 35.9 Å². The van der Waals surface area contributed by atoms with Gasteiger partial charge in [-0.25, -0.2) is 23.2 Å². The van der Waals surface area contributed by atoms with Crippen molar-refractivity contribution < 1.29 is 32.2 Å². The molecule has 9 nitrogen and oxygen atoms in total. The Morgan fingerprint density at radius 2 is 1.60 bits per heavy atom. The predicted octanol–water partition coefficient (Wildman–Crippen LogP) is 4.53. The molecule has 2 atom stereocenters. The number of hydrogen-bond acceptors (Lipinski definition) is 8. The lowest BCUT2D eigenvalue weighted by atomic mass is 9.85. The van der Waals surface area contributed by atoms with Crippen LogP contribution in [0.2, 0.25) is 0 Å². The Kier molecular flexibility index (Phi) is 10.2. The Balaban J connectivity index is 1.49. The van der Waals surface area contributed by atoms with Crippen LogP contribution >= 0.6 is 0 Å². The predicted molar refractivity (Wildman–Crippen MR) is 168 cm³/mol. The average molecular weight is 632 g/mol. The van der Waals surface area contributed by atoms with Crippen LogP contribution in [0.15, 0.2) is 119 Å². The van der Waals surface area contributed by atoms with Crippen LogP contribution in [-0.2, 0) is 25.9 Å². The van der Waals surface area contributed by atoms with Crippen molar-refractivity contribution in [3.8, 4) is 5.75 Å². The van der Waals surface area contributed by atoms with Crippen LogP contribution in [0.1, 0.15) is 35.6 Å². The van der Waals surface area contributed by atoms with Gasteiger partial charge >= 0.3 is 0 Å². The quantitative estimate of drug-likeness (QED) is 0.138. The summed E-state index contributed by atoms with van der Waals surface area (Å²) < 4.78 is 52.3. The number of sulfone groups is 1. The van der Waals surface area contributed by atoms with Crippen molar-refractivity contribution in [1.29, 1.82) is 0 Å². The first-order valence-electron chi connectivity index (χ1n) is 14.5. The van der Waals surface area contributed by atoms with Crippen LogP contribution in [-0.4, -0.2) is 49.8 Å². The van der Waals surface area contributed by atoms with E-state index in [4.69, 9.17) is 19.6 Å². The van der Waals surface area contributed by atoms with Gasteiger partial charge in [0.25, 0.3) is 5.91 Å². The summed E-state index contributed by atoms with van der Waals surface area (Å²) in [6, 6.07) is 29.9. The number of hydrogen-bond donors (Lipinski definition) is 3. The van der Waals surface area contributed by atoms with E-state index >= 15 is 0 Å². The van der Waals surface area contributed by atoms with Crippen LogP contribution in [0.3, 0.4) is 0 Å². The minimum atomic E-state index is -3.79. The summed E-state index contributed by atoms with van der Waals surface area (Å²) in [5.74, 6) is -0.559. The number of halogens is 1. The highest BCUT2D eigenvalue weighted by atomic mass is 32.2. The van der Waals surface area contributed by atoms with Gasteiger partial charge in [-0.2, -0.15) is 0 Å². The number of aliphatic hydroxyl groups is 1. The molecule has 1 amide bonds. The maximum atomic E-state index is 14.2. The standard InChI is InChI=1S/C34H34FN3O6S/c35-28-16-12-25(13-17-28)24-36-38-33(40)34(20-23-45(41,42)30-10-5-2-6-11-30)31(26-8-3-1-4-9-26)44-32(37-34)27-14-18-29(19-15-27)43-22-7-21-39/h1-6,8-19,31,36,39H,7,20-24H2,(H,38,40)/t31-,34-/m0/s1. The number of nitrogens with one attached hydrogen (secondary N) is 2. The summed E-state index contributed by atoms with van der Waals surface area (Å²) in [4.78, 5) is 19.2. The molecule has 1 aliphatic rings. The fourth-order valence-electron chi connectivity index (χ4n) is 4.97. The van der Waals surface area contributed by atoms with Gasteiger partial charge < -0.3 is 14.6 Å². The second kappa shape index (κ2) is 14.5. The maximum Gasteiger partial charge on any atom is 0.266 e. The molecular weight excluding hydrogens is 597 g/mol. The summed E-state index contributed by atoms with van der Waals surface area (Å²) in [5.41, 5.74) is 5.86. The zero-order valence-electron chi connectivity index (χ0n) is 24.4. The van der Waals surface area contributed by atoms with E-state index in [1.54, 1.807) is 66.7 Å². The molecule has 0 bridgehead atoms. The molecule has 0 fully saturated rings. The summed E-state index contributed by atoms with van der Waals surface area (Å²) in [5, 5.41) is 9.02. The molecule has 234 valence electrons. The third-order valence-electron chi connectivity index (χ3n) is 7.39. The monoisotopic (exact) mass is 631 g/mol. The highest BCUT2D eigenvalue weighted by Crippen LogP contribution is 2.43. The summed E-state index contributed by atoms with van der Waals surface area (Å²) in [7, 11) is -3.79. The fourth-order valence-corrected chi connectivity index (χ4v) is 6.36. The first-order chi connectivity index (χ1) is 21.8. The van der Waals surface area contributed by atoms with Gasteiger partial charge in [-0.15, -0.1) is 0 Å². The first kappa shape index (κ1) is 31.8. The lowest BCUT2D eigenvalue weighted by Crippen LogP contribution is -2.53. The van der Waals surface area contributed by atoms with Gasteiger partial charge in [0.05, 0.1) is 17.3 Å². The van der Waals surface area contributed by atoms with E-state index in [2.05, 4.69) is 10.9 Å². The Labute approximate surface area is 261 Å². The van der Waals surface area contributed by atoms with Gasteiger partial charge in [0.15, 0.2) is 21.5 Å². The second-order valence-corrected chi connectivity index (χ2v) is 12.6. The molecule has 0 saturated carbocycles. The fraction of sp³-hybridized carbons (Fsp3) is 0.235. The van der Waals surface area contributed by atoms with Crippen LogP contribution in [0.5, 0.6) is 5.75 Å². The second-order valence-electron chi connectivity index (χ2n) is 10.5. The molecule has 0 aliphatic carbocycles. The highest BCUT2D eigenvalue weighted by molar-refractivity contribution is 7.91. The first-order valence-corrected chi connectivity index (χ1v) is 16.2. The molecule has 1 heterocycles. The van der Waals surface area contributed by atoms with E-state index in [0.29, 0.717) is 29.9 Å². The number of benzene rings is 4. The largest absolute Gasteiger partial charge is 0.494 e. The van der Waals surface area contributed by atoms with Gasteiger partial charge in [0.1, 0.15) is 11.6 Å². The number of carbonyl (C=O) groups excluding carboxylic acids is 1. The summed E-state index contributed by atoms with van der Waals surface area (Å²) >= 11 is 0. The smallest absolute Gasteiger partial charge is 0.266 e. The minimum Gasteiger partial charge on any atom is -0.494 e. The molecule has 0 spiro atoms. The molecule has 11 heteroatoms. The van der Waals surface area contributed by atoms with Crippen molar-refractivity contribution in [3.63, 3.8) is 0 Å². The molecule has 4 aromatic carbocycles. The van der Waals surface area contributed by atoms with Crippen LogP contribution < -0.4 is 15.6 Å².